The van der Waals surface area contributed by atoms with Gasteiger partial charge in [0, 0.05) is 30.3 Å². The molecule has 17 heavy (non-hydrogen) atoms. The summed E-state index contributed by atoms with van der Waals surface area (Å²) >= 11 is 3.65. The van der Waals surface area contributed by atoms with Crippen molar-refractivity contribution >= 4 is 21.6 Å². The van der Waals surface area contributed by atoms with Crippen LogP contribution >= 0.6 is 15.9 Å². The Morgan fingerprint density at radius 1 is 1.35 bits per heavy atom. The maximum atomic E-state index is 3.65. The third kappa shape index (κ3) is 4.68. The number of hydrogen-bond acceptors (Lipinski definition) is 2. The number of nitrogens with zero attached hydrogens (tertiary/aromatic N) is 1. The van der Waals surface area contributed by atoms with Gasteiger partial charge in [0.05, 0.1) is 0 Å². The van der Waals surface area contributed by atoms with E-state index in [1.54, 1.807) is 0 Å². The van der Waals surface area contributed by atoms with Crippen molar-refractivity contribution in [3.8, 4) is 0 Å². The van der Waals surface area contributed by atoms with Crippen LogP contribution in [0.3, 0.4) is 0 Å². The molecule has 1 aromatic rings. The van der Waals surface area contributed by atoms with E-state index in [0.717, 1.165) is 19.6 Å². The lowest BCUT2D eigenvalue weighted by molar-refractivity contribution is 0.638. The molecule has 0 bridgehead atoms. The van der Waals surface area contributed by atoms with Gasteiger partial charge in [0.1, 0.15) is 0 Å². The highest BCUT2D eigenvalue weighted by Crippen LogP contribution is 2.24. The predicted molar refractivity (Wildman–Crippen MR) is 79.6 cm³/mol. The number of halogens is 1. The molecule has 3 heteroatoms. The average Bonchev–Trinajstić information content (AvgIpc) is 2.26. The minimum Gasteiger partial charge on any atom is -0.374 e. The number of anilines is 1. The van der Waals surface area contributed by atoms with Gasteiger partial charge in [-0.2, -0.15) is 0 Å². The number of rotatable bonds is 6. The van der Waals surface area contributed by atoms with Crippen molar-refractivity contribution in [1.29, 1.82) is 0 Å². The lowest BCUT2D eigenvalue weighted by atomic mass is 10.1. The van der Waals surface area contributed by atoms with Gasteiger partial charge in [0.15, 0.2) is 0 Å². The van der Waals surface area contributed by atoms with E-state index in [0.29, 0.717) is 5.92 Å². The van der Waals surface area contributed by atoms with Crippen molar-refractivity contribution in [2.75, 3.05) is 25.0 Å². The summed E-state index contributed by atoms with van der Waals surface area (Å²) in [5, 5.41) is 3.34. The van der Waals surface area contributed by atoms with Crippen molar-refractivity contribution < 1.29 is 0 Å². The number of nitrogens with one attached hydrogen (secondary N) is 1. The molecular weight excluding hydrogens is 276 g/mol. The van der Waals surface area contributed by atoms with E-state index in [9.17, 15) is 0 Å². The summed E-state index contributed by atoms with van der Waals surface area (Å²) in [7, 11) is 2.14. The van der Waals surface area contributed by atoms with Crippen molar-refractivity contribution in [3.63, 3.8) is 0 Å². The van der Waals surface area contributed by atoms with Crippen LogP contribution in [0.15, 0.2) is 22.7 Å². The fraction of sp³-hybridized carbons (Fsp3) is 0.571. The molecule has 0 saturated carbocycles. The first-order valence-corrected chi connectivity index (χ1v) is 7.04. The quantitative estimate of drug-likeness (QED) is 0.862. The van der Waals surface area contributed by atoms with Crippen molar-refractivity contribution in [2.24, 2.45) is 5.92 Å². The minimum absolute atomic E-state index is 0.681. The van der Waals surface area contributed by atoms with Crippen LogP contribution in [0.25, 0.3) is 0 Å². The maximum Gasteiger partial charge on any atom is 0.0375 e. The smallest absolute Gasteiger partial charge is 0.0375 e. The molecule has 0 fully saturated rings. The van der Waals surface area contributed by atoms with Crippen molar-refractivity contribution in [2.45, 2.75) is 27.3 Å². The molecule has 0 amide bonds. The van der Waals surface area contributed by atoms with Gasteiger partial charge >= 0.3 is 0 Å². The van der Waals surface area contributed by atoms with Crippen molar-refractivity contribution in [1.82, 2.24) is 5.32 Å². The van der Waals surface area contributed by atoms with E-state index in [1.165, 1.54) is 15.7 Å². The van der Waals surface area contributed by atoms with E-state index in [4.69, 9.17) is 0 Å². The molecule has 0 aliphatic carbocycles. The third-order valence-electron chi connectivity index (χ3n) is 2.68. The summed E-state index contributed by atoms with van der Waals surface area (Å²) < 4.78 is 1.19. The molecular formula is C14H23BrN2. The van der Waals surface area contributed by atoms with Crippen LogP contribution in [-0.4, -0.2) is 20.1 Å². The van der Waals surface area contributed by atoms with Gasteiger partial charge in [-0.3, -0.25) is 0 Å². The van der Waals surface area contributed by atoms with Crippen LogP contribution < -0.4 is 10.2 Å². The van der Waals surface area contributed by atoms with E-state index in [-0.39, 0.29) is 0 Å². The summed E-state index contributed by atoms with van der Waals surface area (Å²) in [6.45, 7) is 9.61. The van der Waals surface area contributed by atoms with Gasteiger partial charge in [-0.05, 0) is 30.2 Å². The molecule has 0 radical (unpaired) electrons. The standard InChI is InChI=1S/C14H23BrN2/c1-5-16-9-12-6-7-13(8-14(12)15)17(4)10-11(2)3/h6-8,11,16H,5,9-10H2,1-4H3. The Balaban J connectivity index is 2.73. The van der Waals surface area contributed by atoms with Crippen LogP contribution in [0.5, 0.6) is 0 Å². The van der Waals surface area contributed by atoms with Crippen LogP contribution in [-0.2, 0) is 6.54 Å². The Morgan fingerprint density at radius 3 is 2.59 bits per heavy atom. The largest absolute Gasteiger partial charge is 0.374 e. The SMILES string of the molecule is CCNCc1ccc(N(C)CC(C)C)cc1Br. The molecule has 0 unspecified atom stereocenters. The maximum absolute atomic E-state index is 3.65. The normalized spacial score (nSPS) is 10.9. The van der Waals surface area contributed by atoms with Crippen molar-refractivity contribution in [3.05, 3.63) is 28.2 Å². The van der Waals surface area contributed by atoms with Gasteiger partial charge in [-0.25, -0.2) is 0 Å². The van der Waals surface area contributed by atoms with Crippen LogP contribution in [0.2, 0.25) is 0 Å². The van der Waals surface area contributed by atoms with E-state index in [1.807, 2.05) is 0 Å². The summed E-state index contributed by atoms with van der Waals surface area (Å²) in [5.74, 6) is 0.681. The van der Waals surface area contributed by atoms with Gasteiger partial charge in [0.2, 0.25) is 0 Å². The second-order valence-electron chi connectivity index (χ2n) is 4.83. The first-order valence-electron chi connectivity index (χ1n) is 6.24. The molecule has 0 spiro atoms. The fourth-order valence-electron chi connectivity index (χ4n) is 1.83. The van der Waals surface area contributed by atoms with Crippen LogP contribution in [0, 0.1) is 5.92 Å². The van der Waals surface area contributed by atoms with E-state index < -0.39 is 0 Å². The zero-order valence-electron chi connectivity index (χ0n) is 11.3. The Hall–Kier alpha value is -0.540. The topological polar surface area (TPSA) is 15.3 Å². The Labute approximate surface area is 114 Å². The van der Waals surface area contributed by atoms with E-state index in [2.05, 4.69) is 72.2 Å². The van der Waals surface area contributed by atoms with Gasteiger partial charge < -0.3 is 10.2 Å². The van der Waals surface area contributed by atoms with Gasteiger partial charge in [-0.1, -0.05) is 42.8 Å². The summed E-state index contributed by atoms with van der Waals surface area (Å²) in [4.78, 5) is 2.30. The van der Waals surface area contributed by atoms with Crippen LogP contribution in [0.4, 0.5) is 5.69 Å². The second kappa shape index (κ2) is 7.02. The number of hydrogen-bond donors (Lipinski definition) is 1. The molecule has 0 saturated heterocycles. The van der Waals surface area contributed by atoms with E-state index >= 15 is 0 Å². The first-order chi connectivity index (χ1) is 8.04. The highest BCUT2D eigenvalue weighted by Gasteiger charge is 2.06. The minimum atomic E-state index is 0.681. The number of benzene rings is 1. The molecule has 96 valence electrons. The fourth-order valence-corrected chi connectivity index (χ4v) is 2.34. The highest BCUT2D eigenvalue weighted by atomic mass is 79.9. The average molecular weight is 299 g/mol. The molecule has 2 nitrogen and oxygen atoms in total. The molecule has 1 rings (SSSR count). The lowest BCUT2D eigenvalue weighted by Gasteiger charge is -2.22. The summed E-state index contributed by atoms with van der Waals surface area (Å²) in [6, 6.07) is 6.59. The van der Waals surface area contributed by atoms with Crippen LogP contribution in [0.1, 0.15) is 26.3 Å². The molecule has 1 aromatic carbocycles. The first kappa shape index (κ1) is 14.5. The Kier molecular flexibility index (Phi) is 6.00. The molecule has 0 aliphatic rings. The zero-order chi connectivity index (χ0) is 12.8. The monoisotopic (exact) mass is 298 g/mol. The summed E-state index contributed by atoms with van der Waals surface area (Å²) in [6.07, 6.45) is 0. The lowest BCUT2D eigenvalue weighted by Crippen LogP contribution is -2.22. The van der Waals surface area contributed by atoms with Gasteiger partial charge in [0.25, 0.3) is 0 Å². The zero-order valence-corrected chi connectivity index (χ0v) is 12.8. The summed E-state index contributed by atoms with van der Waals surface area (Å²) in [5.41, 5.74) is 2.58. The second-order valence-corrected chi connectivity index (χ2v) is 5.68. The molecule has 0 aliphatic heterocycles. The molecule has 0 heterocycles. The predicted octanol–water partition coefficient (Wildman–Crippen LogP) is 3.65. The van der Waals surface area contributed by atoms with Gasteiger partial charge in [-0.15, -0.1) is 0 Å². The Bertz CT molecular complexity index is 350. The molecule has 0 aromatic heterocycles. The third-order valence-corrected chi connectivity index (χ3v) is 3.42. The Morgan fingerprint density at radius 2 is 2.06 bits per heavy atom. The molecule has 1 N–H and O–H groups in total. The molecule has 0 atom stereocenters. The highest BCUT2D eigenvalue weighted by molar-refractivity contribution is 9.10.